The molecule has 0 bridgehead atoms. The molecule has 5 rings (SSSR count). The minimum absolute atomic E-state index is 0.109. The van der Waals surface area contributed by atoms with Crippen LogP contribution in [0.1, 0.15) is 36.4 Å². The van der Waals surface area contributed by atoms with Crippen molar-refractivity contribution in [2.24, 2.45) is 0 Å². The van der Waals surface area contributed by atoms with Crippen molar-refractivity contribution in [2.75, 3.05) is 5.32 Å². The maximum atomic E-state index is 14.2. The van der Waals surface area contributed by atoms with Gasteiger partial charge in [0, 0.05) is 30.1 Å². The molecule has 0 atom stereocenters. The second-order valence-electron chi connectivity index (χ2n) is 7.90. The second-order valence-corrected chi connectivity index (χ2v) is 7.90. The summed E-state index contributed by atoms with van der Waals surface area (Å²) in [7, 11) is 0. The number of amides is 1. The fourth-order valence-corrected chi connectivity index (χ4v) is 3.97. The Morgan fingerprint density at radius 3 is 2.73 bits per heavy atom. The van der Waals surface area contributed by atoms with E-state index < -0.39 is 5.41 Å². The first-order valence-corrected chi connectivity index (χ1v) is 9.62. The number of carbonyl (C=O) groups is 1. The van der Waals surface area contributed by atoms with Crippen LogP contribution in [0.15, 0.2) is 42.7 Å². The molecule has 30 heavy (non-hydrogen) atoms. The summed E-state index contributed by atoms with van der Waals surface area (Å²) in [5.41, 5.74) is 2.60. The molecule has 1 aliphatic heterocycles. The highest BCUT2D eigenvalue weighted by Gasteiger charge is 2.41. The van der Waals surface area contributed by atoms with Crippen molar-refractivity contribution in [1.82, 2.24) is 24.3 Å². The zero-order valence-electron chi connectivity index (χ0n) is 16.8. The molecule has 1 N–H and O–H groups in total. The normalized spacial score (nSPS) is 14.7. The predicted molar refractivity (Wildman–Crippen MR) is 110 cm³/mol. The van der Waals surface area contributed by atoms with Gasteiger partial charge in [0.05, 0.1) is 11.1 Å². The topological polar surface area (TPSA) is 85.1 Å². The van der Waals surface area contributed by atoms with Crippen molar-refractivity contribution in [2.45, 2.75) is 32.6 Å². The number of nitrogens with one attached hydrogen (secondary N) is 1. The summed E-state index contributed by atoms with van der Waals surface area (Å²) in [5, 5.41) is 2.85. The van der Waals surface area contributed by atoms with Crippen LogP contribution in [0.2, 0.25) is 0 Å². The lowest BCUT2D eigenvalue weighted by Crippen LogP contribution is -2.27. The zero-order chi connectivity index (χ0) is 21.0. The number of hydrogen-bond acceptors (Lipinski definition) is 5. The zero-order valence-corrected chi connectivity index (χ0v) is 16.8. The maximum Gasteiger partial charge on any atom is 0.235 e. The van der Waals surface area contributed by atoms with Crippen molar-refractivity contribution in [1.29, 1.82) is 0 Å². The quantitative estimate of drug-likeness (QED) is 0.567. The van der Waals surface area contributed by atoms with Crippen molar-refractivity contribution >= 4 is 17.4 Å². The number of aryl methyl sites for hydroxylation is 1. The van der Waals surface area contributed by atoms with Crippen LogP contribution in [0.3, 0.4) is 0 Å². The number of fused-ring (bicyclic) bond motifs is 2. The van der Waals surface area contributed by atoms with Gasteiger partial charge in [-0.2, -0.15) is 0 Å². The Morgan fingerprint density at radius 1 is 1.13 bits per heavy atom. The van der Waals surface area contributed by atoms with Crippen LogP contribution in [-0.4, -0.2) is 30.2 Å². The molecule has 0 saturated heterocycles. The standard InChI is InChI=1S/C22H19FN6O/c1-12-16-17(28-21(30)22(16,2)3)27-18(25-12)20-26-15(19-24-9-6-10-29(19)20)11-13-7-4-5-8-14(13)23/h4-10H,11H2,1-3H3,(H,25,27,28,30). The number of benzene rings is 1. The Hall–Kier alpha value is -3.68. The number of aromatic nitrogens is 5. The van der Waals surface area contributed by atoms with Crippen molar-refractivity contribution < 1.29 is 9.18 Å². The third-order valence-corrected chi connectivity index (χ3v) is 5.50. The molecule has 0 spiro atoms. The average Bonchev–Trinajstić information content (AvgIpc) is 3.18. The van der Waals surface area contributed by atoms with Crippen LogP contribution in [0, 0.1) is 12.7 Å². The van der Waals surface area contributed by atoms with E-state index in [9.17, 15) is 9.18 Å². The van der Waals surface area contributed by atoms with Gasteiger partial charge in [-0.25, -0.2) is 24.3 Å². The van der Waals surface area contributed by atoms with E-state index in [0.29, 0.717) is 40.8 Å². The van der Waals surface area contributed by atoms with E-state index in [0.717, 1.165) is 11.3 Å². The summed E-state index contributed by atoms with van der Waals surface area (Å²) in [6.07, 6.45) is 3.79. The highest BCUT2D eigenvalue weighted by molar-refractivity contribution is 6.05. The molecule has 0 fully saturated rings. The molecule has 3 aromatic heterocycles. The van der Waals surface area contributed by atoms with Crippen LogP contribution in [0.25, 0.3) is 17.3 Å². The summed E-state index contributed by atoms with van der Waals surface area (Å²) in [6, 6.07) is 8.40. The van der Waals surface area contributed by atoms with Crippen LogP contribution in [-0.2, 0) is 16.6 Å². The highest BCUT2D eigenvalue weighted by Crippen LogP contribution is 2.38. The molecule has 0 unspecified atom stereocenters. The summed E-state index contributed by atoms with van der Waals surface area (Å²) in [4.78, 5) is 30.7. The van der Waals surface area contributed by atoms with Crippen molar-refractivity contribution in [3.63, 3.8) is 0 Å². The van der Waals surface area contributed by atoms with Gasteiger partial charge < -0.3 is 5.32 Å². The van der Waals surface area contributed by atoms with E-state index in [-0.39, 0.29) is 11.7 Å². The van der Waals surface area contributed by atoms with Crippen LogP contribution in [0.4, 0.5) is 10.2 Å². The lowest BCUT2D eigenvalue weighted by atomic mass is 9.86. The van der Waals surface area contributed by atoms with Crippen molar-refractivity contribution in [3.8, 4) is 11.6 Å². The first-order valence-electron chi connectivity index (χ1n) is 9.62. The number of halogens is 1. The van der Waals surface area contributed by atoms with Gasteiger partial charge in [-0.1, -0.05) is 18.2 Å². The third kappa shape index (κ3) is 2.67. The predicted octanol–water partition coefficient (Wildman–Crippen LogP) is 3.45. The minimum Gasteiger partial charge on any atom is -0.310 e. The molecule has 1 aliphatic rings. The van der Waals surface area contributed by atoms with Gasteiger partial charge in [-0.05, 0) is 38.5 Å². The first kappa shape index (κ1) is 18.4. The summed E-state index contributed by atoms with van der Waals surface area (Å²) < 4.78 is 16.0. The number of rotatable bonds is 3. The summed E-state index contributed by atoms with van der Waals surface area (Å²) in [5.74, 6) is 0.984. The Morgan fingerprint density at radius 2 is 1.93 bits per heavy atom. The fraction of sp³-hybridized carbons (Fsp3) is 0.227. The van der Waals surface area contributed by atoms with Crippen molar-refractivity contribution in [3.05, 3.63) is 71.1 Å². The molecule has 4 aromatic rings. The van der Waals surface area contributed by atoms with Crippen LogP contribution < -0.4 is 5.32 Å². The number of imidazole rings is 1. The Kier molecular flexibility index (Phi) is 3.92. The largest absolute Gasteiger partial charge is 0.310 e. The molecule has 4 heterocycles. The van der Waals surface area contributed by atoms with E-state index in [2.05, 4.69) is 20.3 Å². The lowest BCUT2D eigenvalue weighted by molar-refractivity contribution is -0.119. The Balaban J connectivity index is 1.67. The first-order chi connectivity index (χ1) is 14.4. The van der Waals surface area contributed by atoms with Crippen LogP contribution >= 0.6 is 0 Å². The fourth-order valence-electron chi connectivity index (χ4n) is 3.97. The van der Waals surface area contributed by atoms with Gasteiger partial charge in [0.1, 0.15) is 11.6 Å². The lowest BCUT2D eigenvalue weighted by Gasteiger charge is -2.16. The number of anilines is 1. The number of nitrogens with zero attached hydrogens (tertiary/aromatic N) is 5. The van der Waals surface area contributed by atoms with Gasteiger partial charge in [-0.15, -0.1) is 0 Å². The van der Waals surface area contributed by atoms with Gasteiger partial charge in [0.25, 0.3) is 0 Å². The van der Waals surface area contributed by atoms with E-state index in [1.54, 1.807) is 34.9 Å². The van der Waals surface area contributed by atoms with E-state index in [1.165, 1.54) is 6.07 Å². The Bertz CT molecular complexity index is 1330. The van der Waals surface area contributed by atoms with E-state index >= 15 is 0 Å². The minimum atomic E-state index is -0.690. The molecular weight excluding hydrogens is 383 g/mol. The molecule has 7 nitrogen and oxygen atoms in total. The Labute approximate surface area is 172 Å². The maximum absolute atomic E-state index is 14.2. The number of carbonyl (C=O) groups excluding carboxylic acids is 1. The summed E-state index contributed by atoms with van der Waals surface area (Å²) in [6.45, 7) is 5.57. The molecule has 0 saturated carbocycles. The average molecular weight is 402 g/mol. The number of hydrogen-bond donors (Lipinski definition) is 1. The molecule has 1 aromatic carbocycles. The molecule has 1 amide bonds. The molecular formula is C22H19FN6O. The molecule has 0 aliphatic carbocycles. The van der Waals surface area contributed by atoms with Gasteiger partial charge in [0.2, 0.25) is 5.91 Å². The third-order valence-electron chi connectivity index (χ3n) is 5.50. The summed E-state index contributed by atoms with van der Waals surface area (Å²) >= 11 is 0. The molecule has 0 radical (unpaired) electrons. The smallest absolute Gasteiger partial charge is 0.235 e. The van der Waals surface area contributed by atoms with E-state index in [4.69, 9.17) is 4.98 Å². The monoisotopic (exact) mass is 402 g/mol. The van der Waals surface area contributed by atoms with Gasteiger partial charge in [0.15, 0.2) is 17.3 Å². The highest BCUT2D eigenvalue weighted by atomic mass is 19.1. The molecule has 8 heteroatoms. The molecule has 150 valence electrons. The van der Waals surface area contributed by atoms with Gasteiger partial charge in [-0.3, -0.25) is 9.20 Å². The van der Waals surface area contributed by atoms with Crippen LogP contribution in [0.5, 0.6) is 0 Å². The van der Waals surface area contributed by atoms with E-state index in [1.807, 2.05) is 27.0 Å². The second kappa shape index (κ2) is 6.41. The SMILES string of the molecule is Cc1nc(-c2nc(Cc3ccccc3F)c3ncccn23)nc2c1C(C)(C)C(=O)N2. The van der Waals surface area contributed by atoms with Gasteiger partial charge >= 0.3 is 0 Å².